The Balaban J connectivity index is 4.01. The lowest BCUT2D eigenvalue weighted by atomic mass is 10.2. The maximum Gasteiger partial charge on any atom is 0.326 e. The molecule has 4 nitrogen and oxygen atoms in total. The third-order valence-corrected chi connectivity index (χ3v) is 1.14. The van der Waals surface area contributed by atoms with Crippen molar-refractivity contribution in [2.75, 3.05) is 0 Å². The molecule has 0 rings (SSSR count). The zero-order chi connectivity index (χ0) is 8.85. The second-order valence-corrected chi connectivity index (χ2v) is 1.92. The van der Waals surface area contributed by atoms with E-state index in [2.05, 4.69) is 5.32 Å². The quantitative estimate of drug-likeness (QED) is 0.545. The average molecular weight is 155 g/mol. The van der Waals surface area contributed by atoms with E-state index in [1.54, 1.807) is 12.8 Å². The molecule has 0 aliphatic rings. The molecule has 0 radical (unpaired) electrons. The highest BCUT2D eigenvalue weighted by Gasteiger charge is 2.15. The number of carbonyl (C=O) groups is 2. The summed E-state index contributed by atoms with van der Waals surface area (Å²) < 4.78 is 0. The second kappa shape index (κ2) is 4.34. The number of amides is 1. The van der Waals surface area contributed by atoms with Crippen molar-refractivity contribution in [2.45, 2.75) is 19.4 Å². The van der Waals surface area contributed by atoms with E-state index in [0.29, 0.717) is 6.42 Å². The van der Waals surface area contributed by atoms with E-state index in [1.807, 2.05) is 0 Å². The SMILES string of the molecule is C#CC(=O)NC(CC)C(=O)O. The van der Waals surface area contributed by atoms with E-state index in [4.69, 9.17) is 11.5 Å². The monoisotopic (exact) mass is 155 g/mol. The highest BCUT2D eigenvalue weighted by Crippen LogP contribution is 1.89. The standard InChI is InChI=1S/C7H9NO3/c1-3-5(7(10)11)8-6(9)4-2/h2,5H,3H2,1H3,(H,8,9)(H,10,11). The lowest BCUT2D eigenvalue weighted by Gasteiger charge is -2.08. The van der Waals surface area contributed by atoms with Gasteiger partial charge < -0.3 is 10.4 Å². The third kappa shape index (κ3) is 3.26. The van der Waals surface area contributed by atoms with Crippen molar-refractivity contribution < 1.29 is 14.7 Å². The van der Waals surface area contributed by atoms with Gasteiger partial charge in [-0.1, -0.05) is 6.92 Å². The first-order valence-corrected chi connectivity index (χ1v) is 3.11. The summed E-state index contributed by atoms with van der Waals surface area (Å²) in [7, 11) is 0. The van der Waals surface area contributed by atoms with Crippen LogP contribution in [0.5, 0.6) is 0 Å². The highest BCUT2D eigenvalue weighted by atomic mass is 16.4. The first-order chi connectivity index (χ1) is 5.11. The molecule has 0 aromatic carbocycles. The lowest BCUT2D eigenvalue weighted by molar-refractivity contribution is -0.141. The van der Waals surface area contributed by atoms with Gasteiger partial charge in [-0.25, -0.2) is 4.79 Å². The molecule has 0 heterocycles. The van der Waals surface area contributed by atoms with E-state index in [9.17, 15) is 9.59 Å². The zero-order valence-corrected chi connectivity index (χ0v) is 6.13. The molecule has 1 amide bonds. The molecule has 0 aromatic rings. The number of aliphatic carboxylic acids is 1. The molecule has 0 fully saturated rings. The average Bonchev–Trinajstić information content (AvgIpc) is 1.99. The molecule has 1 atom stereocenters. The third-order valence-electron chi connectivity index (χ3n) is 1.14. The molecule has 0 saturated heterocycles. The Hall–Kier alpha value is -1.50. The Morgan fingerprint density at radius 2 is 2.27 bits per heavy atom. The zero-order valence-electron chi connectivity index (χ0n) is 6.13. The van der Waals surface area contributed by atoms with E-state index in [-0.39, 0.29) is 0 Å². The van der Waals surface area contributed by atoms with Crippen LogP contribution in [0.2, 0.25) is 0 Å². The van der Waals surface area contributed by atoms with Crippen molar-refractivity contribution in [3.05, 3.63) is 0 Å². The molecule has 2 N–H and O–H groups in total. The van der Waals surface area contributed by atoms with Gasteiger partial charge in [0, 0.05) is 0 Å². The van der Waals surface area contributed by atoms with E-state index in [1.165, 1.54) is 0 Å². The molecular formula is C7H9NO3. The van der Waals surface area contributed by atoms with Gasteiger partial charge in [-0.15, -0.1) is 6.42 Å². The Labute approximate surface area is 64.6 Å². The van der Waals surface area contributed by atoms with Crippen molar-refractivity contribution in [1.29, 1.82) is 0 Å². The van der Waals surface area contributed by atoms with Crippen LogP contribution >= 0.6 is 0 Å². The summed E-state index contributed by atoms with van der Waals surface area (Å²) in [6.45, 7) is 1.65. The van der Waals surface area contributed by atoms with Crippen LogP contribution in [0.1, 0.15) is 13.3 Å². The van der Waals surface area contributed by atoms with Crippen LogP contribution in [0.15, 0.2) is 0 Å². The molecule has 0 saturated carbocycles. The fourth-order valence-electron chi connectivity index (χ4n) is 0.538. The predicted octanol–water partition coefficient (Wildman–Crippen LogP) is -0.401. The topological polar surface area (TPSA) is 66.4 Å². The van der Waals surface area contributed by atoms with Gasteiger partial charge in [0.1, 0.15) is 6.04 Å². The molecule has 4 heteroatoms. The Kier molecular flexibility index (Phi) is 3.75. The fourth-order valence-corrected chi connectivity index (χ4v) is 0.538. The Bertz CT molecular complexity index is 204. The maximum atomic E-state index is 10.5. The van der Waals surface area contributed by atoms with Crippen molar-refractivity contribution in [3.63, 3.8) is 0 Å². The number of hydrogen-bond donors (Lipinski definition) is 2. The molecule has 0 aromatic heterocycles. The highest BCUT2D eigenvalue weighted by molar-refractivity contribution is 5.95. The fraction of sp³-hybridized carbons (Fsp3) is 0.429. The summed E-state index contributed by atoms with van der Waals surface area (Å²) in [6, 6.07) is -0.876. The molecule has 0 aliphatic carbocycles. The van der Waals surface area contributed by atoms with Gasteiger partial charge in [0.15, 0.2) is 0 Å². The maximum absolute atomic E-state index is 10.5. The minimum atomic E-state index is -1.07. The van der Waals surface area contributed by atoms with Gasteiger partial charge in [0.2, 0.25) is 0 Å². The number of terminal acetylenes is 1. The largest absolute Gasteiger partial charge is 0.480 e. The normalized spacial score (nSPS) is 11.3. The summed E-state index contributed by atoms with van der Waals surface area (Å²) >= 11 is 0. The van der Waals surface area contributed by atoms with Gasteiger partial charge >= 0.3 is 5.97 Å². The minimum Gasteiger partial charge on any atom is -0.480 e. The van der Waals surface area contributed by atoms with Gasteiger partial charge in [-0.2, -0.15) is 0 Å². The Morgan fingerprint density at radius 1 is 1.73 bits per heavy atom. The number of carboxylic acid groups (broad SMARTS) is 1. The van der Waals surface area contributed by atoms with Gasteiger partial charge in [-0.3, -0.25) is 4.79 Å². The molecule has 0 bridgehead atoms. The Morgan fingerprint density at radius 3 is 2.55 bits per heavy atom. The second-order valence-electron chi connectivity index (χ2n) is 1.92. The predicted molar refractivity (Wildman–Crippen MR) is 38.7 cm³/mol. The summed E-state index contributed by atoms with van der Waals surface area (Å²) in [5, 5.41) is 10.6. The molecule has 60 valence electrons. The first-order valence-electron chi connectivity index (χ1n) is 3.11. The molecule has 0 spiro atoms. The van der Waals surface area contributed by atoms with Crippen LogP contribution < -0.4 is 5.32 Å². The number of rotatable bonds is 3. The summed E-state index contributed by atoms with van der Waals surface area (Å²) in [5.74, 6) is 0.00306. The molecular weight excluding hydrogens is 146 g/mol. The summed E-state index contributed by atoms with van der Waals surface area (Å²) in [5.41, 5.74) is 0. The van der Waals surface area contributed by atoms with Crippen molar-refractivity contribution in [2.24, 2.45) is 0 Å². The van der Waals surface area contributed by atoms with Crippen LogP contribution in [-0.4, -0.2) is 23.0 Å². The number of carboxylic acids is 1. The van der Waals surface area contributed by atoms with Gasteiger partial charge in [-0.05, 0) is 12.3 Å². The van der Waals surface area contributed by atoms with E-state index >= 15 is 0 Å². The van der Waals surface area contributed by atoms with Crippen LogP contribution in [-0.2, 0) is 9.59 Å². The number of hydrogen-bond acceptors (Lipinski definition) is 2. The molecule has 0 aliphatic heterocycles. The summed E-state index contributed by atoms with van der Waals surface area (Å²) in [6.07, 6.45) is 5.04. The van der Waals surface area contributed by atoms with Crippen molar-refractivity contribution in [1.82, 2.24) is 5.32 Å². The van der Waals surface area contributed by atoms with Crippen LogP contribution in [0.3, 0.4) is 0 Å². The smallest absolute Gasteiger partial charge is 0.326 e. The van der Waals surface area contributed by atoms with Crippen molar-refractivity contribution >= 4 is 11.9 Å². The van der Waals surface area contributed by atoms with E-state index in [0.717, 1.165) is 0 Å². The summed E-state index contributed by atoms with van der Waals surface area (Å²) in [4.78, 5) is 20.8. The van der Waals surface area contributed by atoms with Crippen LogP contribution in [0, 0.1) is 12.3 Å². The van der Waals surface area contributed by atoms with Gasteiger partial charge in [0.25, 0.3) is 5.91 Å². The molecule has 11 heavy (non-hydrogen) atoms. The van der Waals surface area contributed by atoms with Crippen molar-refractivity contribution in [3.8, 4) is 12.3 Å². The van der Waals surface area contributed by atoms with Crippen LogP contribution in [0.4, 0.5) is 0 Å². The lowest BCUT2D eigenvalue weighted by Crippen LogP contribution is -2.39. The van der Waals surface area contributed by atoms with E-state index < -0.39 is 17.9 Å². The number of carbonyl (C=O) groups excluding carboxylic acids is 1. The first kappa shape index (κ1) is 9.50. The number of nitrogens with one attached hydrogen (secondary N) is 1. The molecule has 1 unspecified atom stereocenters. The minimum absolute atomic E-state index is 0.322. The van der Waals surface area contributed by atoms with Gasteiger partial charge in [0.05, 0.1) is 0 Å². The van der Waals surface area contributed by atoms with Crippen LogP contribution in [0.25, 0.3) is 0 Å².